The molecule has 7 heteroatoms. The molecule has 0 bridgehead atoms. The van der Waals surface area contributed by atoms with Crippen molar-refractivity contribution in [2.45, 2.75) is 0 Å². The average Bonchev–Trinajstić information content (AvgIpc) is 2.39. The number of amides is 1. The topological polar surface area (TPSA) is 78.7 Å². The molecular formula is C12H6BrClN4O. The minimum atomic E-state index is -0.459. The number of nitrogens with one attached hydrogen (secondary N) is 1. The fourth-order valence-electron chi connectivity index (χ4n) is 1.34. The zero-order valence-corrected chi connectivity index (χ0v) is 11.7. The number of carbonyl (C=O) groups excluding carboxylic acids is 1. The highest BCUT2D eigenvalue weighted by Crippen LogP contribution is 2.21. The molecule has 1 aromatic carbocycles. The number of nitrogens with zero attached hydrogens (tertiary/aromatic N) is 3. The van der Waals surface area contributed by atoms with Crippen LogP contribution >= 0.6 is 27.5 Å². The van der Waals surface area contributed by atoms with Crippen LogP contribution < -0.4 is 5.32 Å². The second-order valence-corrected chi connectivity index (χ2v) is 4.80. The van der Waals surface area contributed by atoms with Crippen LogP contribution in [0.25, 0.3) is 0 Å². The van der Waals surface area contributed by atoms with Crippen LogP contribution in [0.1, 0.15) is 16.1 Å². The number of anilines is 1. The van der Waals surface area contributed by atoms with Gasteiger partial charge in [0.25, 0.3) is 5.91 Å². The van der Waals surface area contributed by atoms with Gasteiger partial charge in [-0.25, -0.2) is 0 Å². The summed E-state index contributed by atoms with van der Waals surface area (Å²) >= 11 is 8.87. The molecule has 94 valence electrons. The van der Waals surface area contributed by atoms with Crippen molar-refractivity contribution in [2.24, 2.45) is 0 Å². The first-order valence-corrected chi connectivity index (χ1v) is 6.27. The summed E-state index contributed by atoms with van der Waals surface area (Å²) in [6, 6.07) is 9.88. The molecule has 0 aliphatic heterocycles. The molecule has 1 aromatic heterocycles. The maximum absolute atomic E-state index is 11.9. The molecule has 0 aliphatic carbocycles. The Kier molecular flexibility index (Phi) is 4.10. The Morgan fingerprint density at radius 1 is 1.32 bits per heavy atom. The van der Waals surface area contributed by atoms with E-state index < -0.39 is 5.91 Å². The summed E-state index contributed by atoms with van der Waals surface area (Å²) in [4.78, 5) is 11.9. The van der Waals surface area contributed by atoms with Crippen molar-refractivity contribution in [3.63, 3.8) is 0 Å². The zero-order valence-electron chi connectivity index (χ0n) is 9.39. The van der Waals surface area contributed by atoms with Crippen LogP contribution in [0.5, 0.6) is 0 Å². The van der Waals surface area contributed by atoms with Crippen LogP contribution in [-0.2, 0) is 0 Å². The van der Waals surface area contributed by atoms with E-state index in [0.717, 1.165) is 4.47 Å². The van der Waals surface area contributed by atoms with Gasteiger partial charge in [0.1, 0.15) is 6.07 Å². The van der Waals surface area contributed by atoms with Crippen LogP contribution in [0.2, 0.25) is 5.15 Å². The van der Waals surface area contributed by atoms with E-state index >= 15 is 0 Å². The molecule has 1 heterocycles. The van der Waals surface area contributed by atoms with Gasteiger partial charge in [0.15, 0.2) is 10.8 Å². The summed E-state index contributed by atoms with van der Waals surface area (Å²) < 4.78 is 0.754. The standard InChI is InChI=1S/C12H6BrClN4O/c13-8-2-1-7(6-15)10(5-8)16-12(19)9-3-4-11(14)18-17-9/h1-5H,(H,16,19). The van der Waals surface area contributed by atoms with Gasteiger partial charge in [0, 0.05) is 4.47 Å². The van der Waals surface area contributed by atoms with E-state index in [9.17, 15) is 4.79 Å². The summed E-state index contributed by atoms with van der Waals surface area (Å²) in [5.74, 6) is -0.459. The molecule has 2 rings (SSSR count). The third-order valence-electron chi connectivity index (χ3n) is 2.21. The molecule has 0 aliphatic rings. The van der Waals surface area contributed by atoms with E-state index in [2.05, 4.69) is 31.4 Å². The fourth-order valence-corrected chi connectivity index (χ4v) is 1.80. The van der Waals surface area contributed by atoms with Crippen molar-refractivity contribution in [3.8, 4) is 6.07 Å². The van der Waals surface area contributed by atoms with Gasteiger partial charge >= 0.3 is 0 Å². The predicted molar refractivity (Wildman–Crippen MR) is 73.9 cm³/mol. The lowest BCUT2D eigenvalue weighted by Gasteiger charge is -2.06. The van der Waals surface area contributed by atoms with Crippen LogP contribution in [-0.4, -0.2) is 16.1 Å². The summed E-state index contributed by atoms with van der Waals surface area (Å²) in [7, 11) is 0. The molecule has 1 amide bonds. The number of carbonyl (C=O) groups is 1. The minimum absolute atomic E-state index is 0.119. The SMILES string of the molecule is N#Cc1ccc(Br)cc1NC(=O)c1ccc(Cl)nn1. The van der Waals surface area contributed by atoms with Crippen molar-refractivity contribution in [1.29, 1.82) is 5.26 Å². The Hall–Kier alpha value is -1.97. The zero-order chi connectivity index (χ0) is 13.8. The number of rotatable bonds is 2. The number of benzene rings is 1. The normalized spacial score (nSPS) is 9.74. The highest BCUT2D eigenvalue weighted by atomic mass is 79.9. The molecule has 0 saturated heterocycles. The summed E-state index contributed by atoms with van der Waals surface area (Å²) in [5, 5.41) is 19.0. The second kappa shape index (κ2) is 5.78. The van der Waals surface area contributed by atoms with E-state index in [0.29, 0.717) is 11.3 Å². The molecule has 0 unspecified atom stereocenters. The van der Waals surface area contributed by atoms with Crippen molar-refractivity contribution < 1.29 is 4.79 Å². The molecule has 5 nitrogen and oxygen atoms in total. The molecular weight excluding hydrogens is 332 g/mol. The van der Waals surface area contributed by atoms with Crippen molar-refractivity contribution in [2.75, 3.05) is 5.32 Å². The lowest BCUT2D eigenvalue weighted by atomic mass is 10.2. The number of hydrogen-bond donors (Lipinski definition) is 1. The Bertz CT molecular complexity index is 666. The summed E-state index contributed by atoms with van der Waals surface area (Å²) in [6.45, 7) is 0. The minimum Gasteiger partial charge on any atom is -0.319 e. The maximum atomic E-state index is 11.9. The predicted octanol–water partition coefficient (Wildman–Crippen LogP) is 3.02. The number of nitriles is 1. The van der Waals surface area contributed by atoms with Crippen molar-refractivity contribution >= 4 is 39.1 Å². The first-order chi connectivity index (χ1) is 9.10. The van der Waals surface area contributed by atoms with Gasteiger partial charge < -0.3 is 5.32 Å². The number of aromatic nitrogens is 2. The molecule has 0 saturated carbocycles. The molecule has 19 heavy (non-hydrogen) atoms. The molecule has 1 N–H and O–H groups in total. The summed E-state index contributed by atoms with van der Waals surface area (Å²) in [5.41, 5.74) is 0.880. The Morgan fingerprint density at radius 3 is 2.74 bits per heavy atom. The third-order valence-corrected chi connectivity index (χ3v) is 2.91. The first kappa shape index (κ1) is 13.5. The van der Waals surface area contributed by atoms with Gasteiger partial charge in [-0.05, 0) is 30.3 Å². The highest BCUT2D eigenvalue weighted by Gasteiger charge is 2.11. The Morgan fingerprint density at radius 2 is 2.11 bits per heavy atom. The fraction of sp³-hybridized carbons (Fsp3) is 0. The van der Waals surface area contributed by atoms with E-state index in [-0.39, 0.29) is 10.8 Å². The van der Waals surface area contributed by atoms with E-state index in [1.807, 2.05) is 6.07 Å². The first-order valence-electron chi connectivity index (χ1n) is 5.10. The van der Waals surface area contributed by atoms with Gasteiger partial charge in [-0.15, -0.1) is 10.2 Å². The van der Waals surface area contributed by atoms with Crippen LogP contribution in [0, 0.1) is 11.3 Å². The smallest absolute Gasteiger partial charge is 0.276 e. The summed E-state index contributed by atoms with van der Waals surface area (Å²) in [6.07, 6.45) is 0. The van der Waals surface area contributed by atoms with E-state index in [1.54, 1.807) is 18.2 Å². The molecule has 0 radical (unpaired) electrons. The Labute approximate surface area is 122 Å². The van der Waals surface area contributed by atoms with Gasteiger partial charge in [-0.2, -0.15) is 5.26 Å². The quantitative estimate of drug-likeness (QED) is 0.913. The van der Waals surface area contributed by atoms with Gasteiger partial charge in [-0.3, -0.25) is 4.79 Å². The van der Waals surface area contributed by atoms with E-state index in [1.165, 1.54) is 12.1 Å². The van der Waals surface area contributed by atoms with Crippen molar-refractivity contribution in [3.05, 3.63) is 51.2 Å². The van der Waals surface area contributed by atoms with Crippen LogP contribution in [0.4, 0.5) is 5.69 Å². The molecule has 0 atom stereocenters. The number of halogens is 2. The Balaban J connectivity index is 2.26. The van der Waals surface area contributed by atoms with Crippen LogP contribution in [0.3, 0.4) is 0 Å². The van der Waals surface area contributed by atoms with Gasteiger partial charge in [-0.1, -0.05) is 27.5 Å². The second-order valence-electron chi connectivity index (χ2n) is 3.50. The van der Waals surface area contributed by atoms with Crippen LogP contribution in [0.15, 0.2) is 34.8 Å². The molecule has 2 aromatic rings. The van der Waals surface area contributed by atoms with Gasteiger partial charge in [0.05, 0.1) is 11.3 Å². The lowest BCUT2D eigenvalue weighted by Crippen LogP contribution is -2.15. The number of hydrogen-bond acceptors (Lipinski definition) is 4. The van der Waals surface area contributed by atoms with Crippen molar-refractivity contribution in [1.82, 2.24) is 10.2 Å². The van der Waals surface area contributed by atoms with E-state index in [4.69, 9.17) is 16.9 Å². The monoisotopic (exact) mass is 336 g/mol. The maximum Gasteiger partial charge on any atom is 0.276 e. The average molecular weight is 338 g/mol. The lowest BCUT2D eigenvalue weighted by molar-refractivity contribution is 0.102. The molecule has 0 spiro atoms. The third kappa shape index (κ3) is 3.28. The largest absolute Gasteiger partial charge is 0.319 e. The highest BCUT2D eigenvalue weighted by molar-refractivity contribution is 9.10. The molecule has 0 fully saturated rings. The van der Waals surface area contributed by atoms with Gasteiger partial charge in [0.2, 0.25) is 0 Å².